The van der Waals surface area contributed by atoms with E-state index in [1.165, 1.54) is 16.3 Å². The molecule has 0 fully saturated rings. The summed E-state index contributed by atoms with van der Waals surface area (Å²) in [6.45, 7) is 8.46. The van der Waals surface area contributed by atoms with E-state index in [1.807, 2.05) is 19.1 Å². The van der Waals surface area contributed by atoms with Gasteiger partial charge in [-0.25, -0.2) is 0 Å². The smallest absolute Gasteiger partial charge is 0.130 e. The lowest BCUT2D eigenvalue weighted by atomic mass is 9.87. The van der Waals surface area contributed by atoms with Gasteiger partial charge in [0.1, 0.15) is 5.75 Å². The molecule has 0 radical (unpaired) electrons. The largest absolute Gasteiger partial charge is 0.507 e. The second-order valence-corrected chi connectivity index (χ2v) is 8.19. The first-order valence-electron chi connectivity index (χ1n) is 10.6. The molecule has 4 aromatic rings. The number of aromatic hydroxyl groups is 1. The molecule has 4 rings (SSSR count). The van der Waals surface area contributed by atoms with Crippen LogP contribution in [-0.2, 0) is 0 Å². The molecule has 4 aromatic carbocycles. The molecule has 0 saturated carbocycles. The van der Waals surface area contributed by atoms with E-state index < -0.39 is 0 Å². The van der Waals surface area contributed by atoms with Gasteiger partial charge in [-0.15, -0.1) is 0 Å². The maximum Gasteiger partial charge on any atom is 0.130 e. The number of phenolic OH excluding ortho intramolecular Hbond substituents is 1. The molecule has 0 aliphatic carbocycles. The molecule has 1 heteroatoms. The zero-order valence-electron chi connectivity index (χ0n) is 18.1. The van der Waals surface area contributed by atoms with Crippen molar-refractivity contribution in [1.82, 2.24) is 0 Å². The van der Waals surface area contributed by atoms with Gasteiger partial charge in [-0.05, 0) is 70.6 Å². The Kier molecular flexibility index (Phi) is 5.46. The van der Waals surface area contributed by atoms with Crippen molar-refractivity contribution in [3.8, 4) is 16.9 Å². The lowest BCUT2D eigenvalue weighted by Gasteiger charge is -2.19. The van der Waals surface area contributed by atoms with Gasteiger partial charge in [0.05, 0.1) is 0 Å². The Hall–Kier alpha value is -3.32. The third-order valence-electron chi connectivity index (χ3n) is 5.80. The van der Waals surface area contributed by atoms with Crippen molar-refractivity contribution in [2.75, 3.05) is 0 Å². The summed E-state index contributed by atoms with van der Waals surface area (Å²) >= 11 is 0. The van der Waals surface area contributed by atoms with Crippen LogP contribution in [0, 0.1) is 0 Å². The SMILES string of the molecule is C/C=C\C=C(/C)c1cc(C(C)C)cc(-c2c3ccccc3cc3ccccc23)c1O. The minimum atomic E-state index is 0.346. The fraction of sp³-hybridized carbons (Fsp3) is 0.172. The second kappa shape index (κ2) is 8.20. The zero-order chi connectivity index (χ0) is 21.3. The highest BCUT2D eigenvalue weighted by Crippen LogP contribution is 2.44. The maximum atomic E-state index is 11.5. The van der Waals surface area contributed by atoms with Crippen LogP contribution >= 0.6 is 0 Å². The highest BCUT2D eigenvalue weighted by atomic mass is 16.3. The summed E-state index contributed by atoms with van der Waals surface area (Å²) in [6.07, 6.45) is 6.08. The third-order valence-corrected chi connectivity index (χ3v) is 5.80. The summed E-state index contributed by atoms with van der Waals surface area (Å²) in [5.41, 5.74) is 5.18. The van der Waals surface area contributed by atoms with Crippen molar-refractivity contribution < 1.29 is 5.11 Å². The maximum absolute atomic E-state index is 11.5. The van der Waals surface area contributed by atoms with E-state index in [4.69, 9.17) is 0 Å². The predicted octanol–water partition coefficient (Wildman–Crippen LogP) is 8.47. The fourth-order valence-electron chi connectivity index (χ4n) is 4.12. The van der Waals surface area contributed by atoms with Gasteiger partial charge in [-0.1, -0.05) is 80.6 Å². The number of rotatable bonds is 4. The summed E-state index contributed by atoms with van der Waals surface area (Å²) in [5, 5.41) is 16.2. The monoisotopic (exact) mass is 392 g/mol. The summed E-state index contributed by atoms with van der Waals surface area (Å²) in [6, 6.07) is 23.4. The van der Waals surface area contributed by atoms with Crippen molar-refractivity contribution in [3.63, 3.8) is 0 Å². The molecule has 0 bridgehead atoms. The van der Waals surface area contributed by atoms with Crippen LogP contribution in [0.5, 0.6) is 5.75 Å². The van der Waals surface area contributed by atoms with E-state index in [-0.39, 0.29) is 0 Å². The minimum Gasteiger partial charge on any atom is -0.507 e. The Bertz CT molecular complexity index is 1230. The Morgan fingerprint density at radius 2 is 1.47 bits per heavy atom. The quantitative estimate of drug-likeness (QED) is 0.273. The highest BCUT2D eigenvalue weighted by Gasteiger charge is 2.18. The first-order chi connectivity index (χ1) is 14.5. The van der Waals surface area contributed by atoms with Gasteiger partial charge in [0, 0.05) is 16.7 Å². The van der Waals surface area contributed by atoms with Gasteiger partial charge in [-0.3, -0.25) is 0 Å². The van der Waals surface area contributed by atoms with Gasteiger partial charge >= 0.3 is 0 Å². The molecule has 0 aliphatic rings. The number of allylic oxidation sites excluding steroid dienone is 4. The molecular weight excluding hydrogens is 364 g/mol. The molecule has 1 N–H and O–H groups in total. The summed E-state index contributed by atoms with van der Waals surface area (Å²) < 4.78 is 0. The van der Waals surface area contributed by atoms with Gasteiger partial charge in [0.15, 0.2) is 0 Å². The average Bonchev–Trinajstić information content (AvgIpc) is 2.76. The van der Waals surface area contributed by atoms with Gasteiger partial charge in [-0.2, -0.15) is 0 Å². The lowest BCUT2D eigenvalue weighted by Crippen LogP contribution is -1.95. The van der Waals surface area contributed by atoms with Crippen LogP contribution in [0.1, 0.15) is 44.7 Å². The van der Waals surface area contributed by atoms with Crippen LogP contribution < -0.4 is 0 Å². The summed E-state index contributed by atoms with van der Waals surface area (Å²) in [7, 11) is 0. The van der Waals surface area contributed by atoms with E-state index >= 15 is 0 Å². The highest BCUT2D eigenvalue weighted by molar-refractivity contribution is 6.13. The molecule has 1 nitrogen and oxygen atoms in total. The fourth-order valence-corrected chi connectivity index (χ4v) is 4.12. The molecule has 0 spiro atoms. The first-order valence-corrected chi connectivity index (χ1v) is 10.6. The number of benzene rings is 4. The van der Waals surface area contributed by atoms with Crippen molar-refractivity contribution >= 4 is 27.1 Å². The van der Waals surface area contributed by atoms with Gasteiger partial charge < -0.3 is 5.11 Å². The molecule has 30 heavy (non-hydrogen) atoms. The summed E-state index contributed by atoms with van der Waals surface area (Å²) in [4.78, 5) is 0. The standard InChI is InChI=1S/C29H28O/c1-5-6-11-20(4)26-17-23(19(2)3)18-27(29(26)30)28-24-14-9-7-12-21(24)16-22-13-8-10-15-25(22)28/h5-19,30H,1-4H3/b6-5-,20-11+. The van der Waals surface area contributed by atoms with Gasteiger partial charge in [0.2, 0.25) is 0 Å². The molecular formula is C29H28O. The third kappa shape index (κ3) is 3.52. The van der Waals surface area contributed by atoms with Gasteiger partial charge in [0.25, 0.3) is 0 Å². The average molecular weight is 393 g/mol. The van der Waals surface area contributed by atoms with E-state index in [1.54, 1.807) is 0 Å². The number of hydrogen-bond donors (Lipinski definition) is 1. The van der Waals surface area contributed by atoms with Crippen LogP contribution in [0.15, 0.2) is 85.0 Å². The van der Waals surface area contributed by atoms with E-state index in [0.717, 1.165) is 33.0 Å². The molecule has 0 saturated heterocycles. The van der Waals surface area contributed by atoms with Crippen LogP contribution in [0.2, 0.25) is 0 Å². The van der Waals surface area contributed by atoms with Crippen molar-refractivity contribution in [1.29, 1.82) is 0 Å². The molecule has 150 valence electrons. The normalized spacial score (nSPS) is 12.5. The Balaban J connectivity index is 2.14. The molecule has 0 atom stereocenters. The van der Waals surface area contributed by atoms with Crippen molar-refractivity contribution in [2.45, 2.75) is 33.6 Å². The van der Waals surface area contributed by atoms with E-state index in [9.17, 15) is 5.11 Å². The lowest BCUT2D eigenvalue weighted by molar-refractivity contribution is 0.475. The molecule has 0 unspecified atom stereocenters. The Morgan fingerprint density at radius 3 is 2.03 bits per heavy atom. The zero-order valence-corrected chi connectivity index (χ0v) is 18.1. The number of fused-ring (bicyclic) bond motifs is 2. The van der Waals surface area contributed by atoms with E-state index in [2.05, 4.69) is 93.6 Å². The topological polar surface area (TPSA) is 20.2 Å². The molecule has 0 aliphatic heterocycles. The Morgan fingerprint density at radius 1 is 0.867 bits per heavy atom. The summed E-state index contributed by atoms with van der Waals surface area (Å²) in [5.74, 6) is 0.706. The van der Waals surface area contributed by atoms with Crippen LogP contribution in [0.25, 0.3) is 38.2 Å². The molecule has 0 amide bonds. The van der Waals surface area contributed by atoms with E-state index in [0.29, 0.717) is 11.7 Å². The Labute approximate surface area is 179 Å². The van der Waals surface area contributed by atoms with Crippen LogP contribution in [-0.4, -0.2) is 5.11 Å². The van der Waals surface area contributed by atoms with Crippen LogP contribution in [0.4, 0.5) is 0 Å². The molecule has 0 aromatic heterocycles. The van der Waals surface area contributed by atoms with Crippen LogP contribution in [0.3, 0.4) is 0 Å². The molecule has 0 heterocycles. The number of hydrogen-bond acceptors (Lipinski definition) is 1. The first kappa shape index (κ1) is 20.0. The predicted molar refractivity (Wildman–Crippen MR) is 131 cm³/mol. The number of phenols is 1. The second-order valence-electron chi connectivity index (χ2n) is 8.19. The van der Waals surface area contributed by atoms with Crippen molar-refractivity contribution in [2.24, 2.45) is 0 Å². The van der Waals surface area contributed by atoms with Crippen molar-refractivity contribution in [3.05, 3.63) is 96.1 Å². The minimum absolute atomic E-state index is 0.346.